The van der Waals surface area contributed by atoms with Gasteiger partial charge in [-0.3, -0.25) is 4.79 Å². The average Bonchev–Trinajstić information content (AvgIpc) is 2.63. The Morgan fingerprint density at radius 2 is 1.80 bits per heavy atom. The normalized spacial score (nSPS) is 11.1. The van der Waals surface area contributed by atoms with Gasteiger partial charge in [0.15, 0.2) is 6.61 Å². The molecular weight excluding hydrogens is 320 g/mol. The van der Waals surface area contributed by atoms with Crippen LogP contribution in [0, 0.1) is 0 Å². The molecular formula is C19H28N2O4. The number of rotatable bonds is 11. The van der Waals surface area contributed by atoms with Crippen molar-refractivity contribution in [1.82, 2.24) is 5.43 Å². The van der Waals surface area contributed by atoms with Crippen LogP contribution in [0.15, 0.2) is 29.4 Å². The van der Waals surface area contributed by atoms with Gasteiger partial charge in [-0.2, -0.15) is 5.10 Å². The van der Waals surface area contributed by atoms with E-state index in [1.165, 1.54) is 0 Å². The van der Waals surface area contributed by atoms with Crippen LogP contribution in [0.5, 0.6) is 5.75 Å². The van der Waals surface area contributed by atoms with E-state index in [1.807, 2.05) is 13.8 Å². The highest BCUT2D eigenvalue weighted by Gasteiger charge is 2.07. The van der Waals surface area contributed by atoms with Gasteiger partial charge in [0, 0.05) is 5.71 Å². The van der Waals surface area contributed by atoms with Crippen LogP contribution < -0.4 is 10.2 Å². The monoisotopic (exact) mass is 348 g/mol. The third-order valence-corrected chi connectivity index (χ3v) is 3.41. The van der Waals surface area contributed by atoms with Crippen molar-refractivity contribution in [1.29, 1.82) is 0 Å². The van der Waals surface area contributed by atoms with Gasteiger partial charge in [0.05, 0.1) is 12.2 Å². The predicted molar refractivity (Wildman–Crippen MR) is 97.9 cm³/mol. The number of nitrogens with one attached hydrogen (secondary N) is 1. The summed E-state index contributed by atoms with van der Waals surface area (Å²) in [5.41, 5.74) is 3.84. The van der Waals surface area contributed by atoms with E-state index in [1.54, 1.807) is 24.3 Å². The second-order valence-corrected chi connectivity index (χ2v) is 5.79. The zero-order valence-electron chi connectivity index (χ0n) is 15.3. The van der Waals surface area contributed by atoms with Gasteiger partial charge < -0.3 is 9.47 Å². The van der Waals surface area contributed by atoms with Crippen molar-refractivity contribution in [2.45, 2.75) is 52.9 Å². The number of hydrogen-bond donors (Lipinski definition) is 1. The number of hydrazone groups is 1. The minimum Gasteiger partial charge on any atom is -0.484 e. The fourth-order valence-corrected chi connectivity index (χ4v) is 1.99. The van der Waals surface area contributed by atoms with E-state index in [0.717, 1.165) is 37.8 Å². The minimum absolute atomic E-state index is 0.134. The summed E-state index contributed by atoms with van der Waals surface area (Å²) in [6.07, 6.45) is 5.05. The molecule has 0 bridgehead atoms. The molecule has 0 heterocycles. The first-order valence-corrected chi connectivity index (χ1v) is 8.78. The van der Waals surface area contributed by atoms with Gasteiger partial charge in [0.2, 0.25) is 0 Å². The zero-order valence-corrected chi connectivity index (χ0v) is 15.3. The highest BCUT2D eigenvalue weighted by molar-refractivity contribution is 5.89. The maximum absolute atomic E-state index is 11.7. The van der Waals surface area contributed by atoms with Crippen molar-refractivity contribution >= 4 is 17.6 Å². The average molecular weight is 348 g/mol. The molecule has 1 amide bonds. The maximum Gasteiger partial charge on any atom is 0.338 e. The third-order valence-electron chi connectivity index (χ3n) is 3.41. The fourth-order valence-electron chi connectivity index (χ4n) is 1.99. The SMILES string of the molecule is CCCCC/C(C)=N/NC(=O)COc1ccc(C(=O)OCCC)cc1. The number of carbonyl (C=O) groups excluding carboxylic acids is 2. The lowest BCUT2D eigenvalue weighted by molar-refractivity contribution is -0.123. The van der Waals surface area contributed by atoms with Gasteiger partial charge in [-0.05, 0) is 50.5 Å². The van der Waals surface area contributed by atoms with Gasteiger partial charge in [0.25, 0.3) is 5.91 Å². The fraction of sp³-hybridized carbons (Fsp3) is 0.526. The van der Waals surface area contributed by atoms with Crippen LogP contribution >= 0.6 is 0 Å². The largest absolute Gasteiger partial charge is 0.484 e. The molecule has 0 atom stereocenters. The summed E-state index contributed by atoms with van der Waals surface area (Å²) in [7, 11) is 0. The number of nitrogens with zero attached hydrogens (tertiary/aromatic N) is 1. The molecule has 1 N–H and O–H groups in total. The van der Waals surface area contributed by atoms with Crippen molar-refractivity contribution < 1.29 is 19.1 Å². The first-order chi connectivity index (χ1) is 12.1. The van der Waals surface area contributed by atoms with Gasteiger partial charge >= 0.3 is 5.97 Å². The smallest absolute Gasteiger partial charge is 0.338 e. The highest BCUT2D eigenvalue weighted by atomic mass is 16.5. The van der Waals surface area contributed by atoms with Gasteiger partial charge in [-0.1, -0.05) is 26.7 Å². The number of ether oxygens (including phenoxy) is 2. The van der Waals surface area contributed by atoms with E-state index in [-0.39, 0.29) is 18.5 Å². The predicted octanol–water partition coefficient (Wildman–Crippen LogP) is 3.70. The quantitative estimate of drug-likeness (QED) is 0.286. The van der Waals surface area contributed by atoms with Crippen LogP contribution in [0.3, 0.4) is 0 Å². The van der Waals surface area contributed by atoms with Crippen LogP contribution in [-0.4, -0.2) is 30.8 Å². The summed E-state index contributed by atoms with van der Waals surface area (Å²) < 4.78 is 10.4. The molecule has 0 radical (unpaired) electrons. The number of hydrogen-bond acceptors (Lipinski definition) is 5. The Morgan fingerprint density at radius 1 is 1.08 bits per heavy atom. The van der Waals surface area contributed by atoms with Crippen LogP contribution in [0.25, 0.3) is 0 Å². The van der Waals surface area contributed by atoms with Crippen LogP contribution in [0.1, 0.15) is 63.2 Å². The van der Waals surface area contributed by atoms with E-state index in [9.17, 15) is 9.59 Å². The van der Waals surface area contributed by atoms with E-state index >= 15 is 0 Å². The molecule has 6 heteroatoms. The Hall–Kier alpha value is -2.37. The number of amides is 1. The summed E-state index contributed by atoms with van der Waals surface area (Å²) in [5, 5.41) is 4.05. The van der Waals surface area contributed by atoms with Crippen molar-refractivity contribution in [3.63, 3.8) is 0 Å². The second-order valence-electron chi connectivity index (χ2n) is 5.79. The molecule has 1 aromatic carbocycles. The molecule has 0 spiro atoms. The zero-order chi connectivity index (χ0) is 18.5. The van der Waals surface area contributed by atoms with Crippen molar-refractivity contribution in [2.75, 3.05) is 13.2 Å². The molecule has 138 valence electrons. The van der Waals surface area contributed by atoms with Crippen molar-refractivity contribution in [3.05, 3.63) is 29.8 Å². The summed E-state index contributed by atoms with van der Waals surface area (Å²) >= 11 is 0. The van der Waals surface area contributed by atoms with Crippen LogP contribution in [0.4, 0.5) is 0 Å². The lowest BCUT2D eigenvalue weighted by Crippen LogP contribution is -2.25. The molecule has 0 saturated heterocycles. The Kier molecular flexibility index (Phi) is 9.97. The molecule has 1 aromatic rings. The topological polar surface area (TPSA) is 77.0 Å². The van der Waals surface area contributed by atoms with E-state index < -0.39 is 0 Å². The molecule has 1 rings (SSSR count). The molecule has 6 nitrogen and oxygen atoms in total. The summed E-state index contributed by atoms with van der Waals surface area (Å²) in [4.78, 5) is 23.4. The molecule has 25 heavy (non-hydrogen) atoms. The summed E-state index contributed by atoms with van der Waals surface area (Å²) in [6.45, 7) is 6.24. The van der Waals surface area contributed by atoms with Crippen molar-refractivity contribution in [3.8, 4) is 5.75 Å². The lowest BCUT2D eigenvalue weighted by Gasteiger charge is -2.07. The first-order valence-electron chi connectivity index (χ1n) is 8.78. The Bertz CT molecular complexity index is 567. The first kappa shape index (κ1) is 20.7. The molecule has 0 aromatic heterocycles. The molecule has 0 aliphatic carbocycles. The Morgan fingerprint density at radius 3 is 2.44 bits per heavy atom. The number of unbranched alkanes of at least 4 members (excludes halogenated alkanes) is 2. The van der Waals surface area contributed by atoms with E-state index in [0.29, 0.717) is 17.9 Å². The lowest BCUT2D eigenvalue weighted by atomic mass is 10.1. The second kappa shape index (κ2) is 12.1. The molecule has 0 fully saturated rings. The number of benzene rings is 1. The van der Waals surface area contributed by atoms with Gasteiger partial charge in [-0.15, -0.1) is 0 Å². The van der Waals surface area contributed by atoms with Gasteiger partial charge in [0.1, 0.15) is 5.75 Å². The Balaban J connectivity index is 2.36. The molecule has 0 saturated carbocycles. The number of esters is 1. The molecule has 0 unspecified atom stereocenters. The summed E-state index contributed by atoms with van der Waals surface area (Å²) in [6, 6.07) is 6.49. The third kappa shape index (κ3) is 8.88. The van der Waals surface area contributed by atoms with Gasteiger partial charge in [-0.25, -0.2) is 10.2 Å². The molecule has 0 aliphatic rings. The van der Waals surface area contributed by atoms with E-state index in [4.69, 9.17) is 9.47 Å². The number of carbonyl (C=O) groups is 2. The van der Waals surface area contributed by atoms with Crippen LogP contribution in [-0.2, 0) is 9.53 Å². The molecule has 0 aliphatic heterocycles. The highest BCUT2D eigenvalue weighted by Crippen LogP contribution is 2.13. The minimum atomic E-state index is -0.362. The summed E-state index contributed by atoms with van der Waals surface area (Å²) in [5.74, 6) is -0.175. The van der Waals surface area contributed by atoms with E-state index in [2.05, 4.69) is 17.5 Å². The standard InChI is InChI=1S/C19H28N2O4/c1-4-6-7-8-15(3)20-21-18(22)14-25-17-11-9-16(10-12-17)19(23)24-13-5-2/h9-12H,4-8,13-14H2,1-3H3,(H,21,22)/b20-15+. The van der Waals surface area contributed by atoms with Crippen molar-refractivity contribution in [2.24, 2.45) is 5.10 Å². The Labute approximate surface area is 149 Å². The van der Waals surface area contributed by atoms with Crippen LogP contribution in [0.2, 0.25) is 0 Å². The maximum atomic E-state index is 11.7.